The van der Waals surface area contributed by atoms with Gasteiger partial charge in [0.1, 0.15) is 5.82 Å². The van der Waals surface area contributed by atoms with Crippen molar-refractivity contribution in [1.29, 1.82) is 0 Å². The predicted octanol–water partition coefficient (Wildman–Crippen LogP) is 3.90. The maximum Gasteiger partial charge on any atom is 0.150 e. The second kappa shape index (κ2) is 6.06. The van der Waals surface area contributed by atoms with Crippen molar-refractivity contribution in [3.8, 4) is 0 Å². The Bertz CT molecular complexity index is 420. The highest BCUT2D eigenvalue weighted by atomic mass is 35.5. The molecule has 1 aromatic carbocycles. The average Bonchev–Trinajstić information content (AvgIpc) is 2.34. The van der Waals surface area contributed by atoms with Crippen molar-refractivity contribution in [2.75, 3.05) is 18.4 Å². The third-order valence-corrected chi connectivity index (χ3v) is 3.91. The molecule has 106 valence electrons. The fourth-order valence-electron chi connectivity index (χ4n) is 2.44. The third-order valence-electron chi connectivity index (χ3n) is 3.62. The minimum Gasteiger partial charge on any atom is -0.379 e. The summed E-state index contributed by atoms with van der Waals surface area (Å²) in [5.74, 6) is -1.28. The Hall–Kier alpha value is -0.870. The number of nitrogens with zero attached hydrogens (tertiary/aromatic N) is 1. The Morgan fingerprint density at radius 2 is 1.89 bits per heavy atom. The topological polar surface area (TPSA) is 15.3 Å². The van der Waals surface area contributed by atoms with Crippen molar-refractivity contribution in [1.82, 2.24) is 4.90 Å². The largest absolute Gasteiger partial charge is 0.379 e. The van der Waals surface area contributed by atoms with E-state index in [0.717, 1.165) is 38.1 Å². The van der Waals surface area contributed by atoms with Gasteiger partial charge in [0.05, 0.1) is 10.7 Å². The molecule has 1 fully saturated rings. The smallest absolute Gasteiger partial charge is 0.150 e. The summed E-state index contributed by atoms with van der Waals surface area (Å²) in [4.78, 5) is 2.39. The summed E-state index contributed by atoms with van der Waals surface area (Å²) in [5.41, 5.74) is 0.214. The lowest BCUT2D eigenvalue weighted by Gasteiger charge is -2.35. The van der Waals surface area contributed by atoms with Crippen molar-refractivity contribution in [3.63, 3.8) is 0 Å². The van der Waals surface area contributed by atoms with Crippen LogP contribution in [0.5, 0.6) is 0 Å². The molecular weight excluding hydrogens is 270 g/mol. The van der Waals surface area contributed by atoms with Gasteiger partial charge in [-0.3, -0.25) is 0 Å². The summed E-state index contributed by atoms with van der Waals surface area (Å²) >= 11 is 5.88. The first kappa shape index (κ1) is 14.5. The molecule has 0 unspecified atom stereocenters. The van der Waals surface area contributed by atoms with Gasteiger partial charge in [0.15, 0.2) is 5.82 Å². The fourth-order valence-corrected chi connectivity index (χ4v) is 2.69. The summed E-state index contributed by atoms with van der Waals surface area (Å²) in [7, 11) is 0. The van der Waals surface area contributed by atoms with Crippen LogP contribution in [-0.4, -0.2) is 30.1 Å². The number of hydrogen-bond acceptors (Lipinski definition) is 2. The van der Waals surface area contributed by atoms with Crippen LogP contribution in [0, 0.1) is 11.6 Å². The van der Waals surface area contributed by atoms with Gasteiger partial charge in [0.25, 0.3) is 0 Å². The minimum absolute atomic E-state index is 0.101. The molecule has 0 bridgehead atoms. The van der Waals surface area contributed by atoms with Gasteiger partial charge in [-0.1, -0.05) is 11.6 Å². The van der Waals surface area contributed by atoms with Crippen LogP contribution in [0.15, 0.2) is 12.1 Å². The average molecular weight is 289 g/mol. The van der Waals surface area contributed by atoms with E-state index in [1.165, 1.54) is 0 Å². The van der Waals surface area contributed by atoms with Crippen LogP contribution in [0.1, 0.15) is 26.7 Å². The number of likely N-dealkylation sites (tertiary alicyclic amines) is 1. The van der Waals surface area contributed by atoms with Crippen molar-refractivity contribution < 1.29 is 8.78 Å². The summed E-state index contributed by atoms with van der Waals surface area (Å²) < 4.78 is 26.6. The van der Waals surface area contributed by atoms with E-state index in [2.05, 4.69) is 24.1 Å². The third kappa shape index (κ3) is 3.57. The van der Waals surface area contributed by atoms with E-state index in [9.17, 15) is 8.78 Å². The number of nitrogens with one attached hydrogen (secondary N) is 1. The number of halogens is 3. The summed E-state index contributed by atoms with van der Waals surface area (Å²) in [5, 5.41) is 3.20. The van der Waals surface area contributed by atoms with Crippen LogP contribution in [0.4, 0.5) is 14.5 Å². The Balaban J connectivity index is 2.00. The number of anilines is 1. The van der Waals surface area contributed by atoms with Crippen molar-refractivity contribution in [2.24, 2.45) is 0 Å². The van der Waals surface area contributed by atoms with Gasteiger partial charge in [-0.05, 0) is 32.8 Å². The molecule has 0 atom stereocenters. The standard InChI is InChI=1S/C14H19ClF2N2/c1-9(2)19-5-3-11(4-6-19)18-14-12(15)7-10(16)8-13(14)17/h7-9,11,18H,3-6H2,1-2H3. The normalized spacial score (nSPS) is 18.0. The van der Waals surface area contributed by atoms with Gasteiger partial charge in [0, 0.05) is 31.2 Å². The Morgan fingerprint density at radius 1 is 1.26 bits per heavy atom. The van der Waals surface area contributed by atoms with Gasteiger partial charge in [-0.2, -0.15) is 0 Å². The van der Waals surface area contributed by atoms with Gasteiger partial charge in [-0.25, -0.2) is 8.78 Å². The molecule has 1 heterocycles. The van der Waals surface area contributed by atoms with Crippen molar-refractivity contribution in [3.05, 3.63) is 28.8 Å². The highest BCUT2D eigenvalue weighted by molar-refractivity contribution is 6.33. The number of benzene rings is 1. The summed E-state index contributed by atoms with van der Waals surface area (Å²) in [6, 6.07) is 2.72. The lowest BCUT2D eigenvalue weighted by molar-refractivity contribution is 0.177. The van der Waals surface area contributed by atoms with E-state index in [1.807, 2.05) is 0 Å². The first-order chi connectivity index (χ1) is 8.97. The molecule has 1 aromatic rings. The maximum atomic E-state index is 13.7. The molecule has 1 aliphatic heterocycles. The molecular formula is C14H19ClF2N2. The molecule has 2 nitrogen and oxygen atoms in total. The Morgan fingerprint density at radius 3 is 2.42 bits per heavy atom. The van der Waals surface area contributed by atoms with Crippen LogP contribution in [0.3, 0.4) is 0 Å². The molecule has 0 spiro atoms. The minimum atomic E-state index is -0.650. The molecule has 0 aliphatic carbocycles. The van der Waals surface area contributed by atoms with Gasteiger partial charge in [-0.15, -0.1) is 0 Å². The highest BCUT2D eigenvalue weighted by Crippen LogP contribution is 2.28. The van der Waals surface area contributed by atoms with Gasteiger partial charge >= 0.3 is 0 Å². The zero-order chi connectivity index (χ0) is 14.0. The van der Waals surface area contributed by atoms with E-state index in [0.29, 0.717) is 6.04 Å². The molecule has 1 saturated heterocycles. The van der Waals surface area contributed by atoms with E-state index >= 15 is 0 Å². The molecule has 1 N–H and O–H groups in total. The monoisotopic (exact) mass is 288 g/mol. The zero-order valence-corrected chi connectivity index (χ0v) is 12.0. The lowest BCUT2D eigenvalue weighted by Crippen LogP contribution is -2.42. The molecule has 2 rings (SSSR count). The SMILES string of the molecule is CC(C)N1CCC(Nc2c(F)cc(F)cc2Cl)CC1. The quantitative estimate of drug-likeness (QED) is 0.907. The lowest BCUT2D eigenvalue weighted by atomic mass is 10.0. The Kier molecular flexibility index (Phi) is 4.63. The van der Waals surface area contributed by atoms with Crippen molar-refractivity contribution in [2.45, 2.75) is 38.8 Å². The van der Waals surface area contributed by atoms with Crippen LogP contribution in [0.25, 0.3) is 0 Å². The fraction of sp³-hybridized carbons (Fsp3) is 0.571. The van der Waals surface area contributed by atoms with Crippen LogP contribution < -0.4 is 5.32 Å². The second-order valence-electron chi connectivity index (χ2n) is 5.29. The number of hydrogen-bond donors (Lipinski definition) is 1. The second-order valence-corrected chi connectivity index (χ2v) is 5.70. The molecule has 1 aliphatic rings. The predicted molar refractivity (Wildman–Crippen MR) is 74.7 cm³/mol. The van der Waals surface area contributed by atoms with E-state index in [-0.39, 0.29) is 16.8 Å². The Labute approximate surface area is 117 Å². The molecule has 5 heteroatoms. The molecule has 0 saturated carbocycles. The van der Waals surface area contributed by atoms with Crippen molar-refractivity contribution >= 4 is 17.3 Å². The molecule has 0 radical (unpaired) electrons. The number of rotatable bonds is 3. The van der Waals surface area contributed by atoms with Crippen LogP contribution >= 0.6 is 11.6 Å². The summed E-state index contributed by atoms with van der Waals surface area (Å²) in [6.07, 6.45) is 1.87. The molecule has 19 heavy (non-hydrogen) atoms. The first-order valence-corrected chi connectivity index (χ1v) is 7.00. The van der Waals surface area contributed by atoms with E-state index in [1.54, 1.807) is 0 Å². The van der Waals surface area contributed by atoms with Gasteiger partial charge < -0.3 is 10.2 Å². The highest BCUT2D eigenvalue weighted by Gasteiger charge is 2.22. The van der Waals surface area contributed by atoms with Crippen LogP contribution in [-0.2, 0) is 0 Å². The maximum absolute atomic E-state index is 13.7. The molecule has 0 amide bonds. The summed E-state index contributed by atoms with van der Waals surface area (Å²) in [6.45, 7) is 6.31. The van der Waals surface area contributed by atoms with Crippen LogP contribution in [0.2, 0.25) is 5.02 Å². The van der Waals surface area contributed by atoms with E-state index in [4.69, 9.17) is 11.6 Å². The molecule has 0 aromatic heterocycles. The number of piperidine rings is 1. The zero-order valence-electron chi connectivity index (χ0n) is 11.2. The van der Waals surface area contributed by atoms with Gasteiger partial charge in [0.2, 0.25) is 0 Å². The first-order valence-electron chi connectivity index (χ1n) is 6.62. The van der Waals surface area contributed by atoms with E-state index < -0.39 is 11.6 Å².